The molecule has 92 valence electrons. The first kappa shape index (κ1) is 12.4. The minimum absolute atomic E-state index is 0.186. The molecule has 4 nitrogen and oxygen atoms in total. The number of nitrogens with zero attached hydrogens (tertiary/aromatic N) is 2. The zero-order chi connectivity index (χ0) is 13.1. The fourth-order valence-corrected chi connectivity index (χ4v) is 1.63. The number of anilines is 1. The van der Waals surface area contributed by atoms with Crippen molar-refractivity contribution in [1.82, 2.24) is 9.97 Å². The summed E-state index contributed by atoms with van der Waals surface area (Å²) >= 11 is 5.83. The van der Waals surface area contributed by atoms with Gasteiger partial charge in [-0.1, -0.05) is 11.6 Å². The van der Waals surface area contributed by atoms with E-state index in [1.54, 1.807) is 13.0 Å². The van der Waals surface area contributed by atoms with E-state index in [9.17, 15) is 9.18 Å². The maximum atomic E-state index is 12.6. The molecule has 0 bridgehead atoms. The molecule has 18 heavy (non-hydrogen) atoms. The molecule has 1 amide bonds. The Balaban J connectivity index is 2.19. The molecule has 0 saturated carbocycles. The van der Waals surface area contributed by atoms with E-state index in [1.165, 1.54) is 18.2 Å². The van der Waals surface area contributed by atoms with Crippen LogP contribution in [0.15, 0.2) is 30.5 Å². The van der Waals surface area contributed by atoms with Crippen molar-refractivity contribution in [1.29, 1.82) is 0 Å². The maximum absolute atomic E-state index is 12.6. The number of carbonyl (C=O) groups is 1. The van der Waals surface area contributed by atoms with Crippen molar-refractivity contribution in [2.24, 2.45) is 0 Å². The van der Waals surface area contributed by atoms with E-state index in [0.29, 0.717) is 10.7 Å². The number of nitrogens with one attached hydrogen (secondary N) is 1. The van der Waals surface area contributed by atoms with E-state index in [0.717, 1.165) is 6.20 Å². The van der Waals surface area contributed by atoms with Crippen LogP contribution >= 0.6 is 11.6 Å². The number of carbonyl (C=O) groups excluding carboxylic acids is 1. The van der Waals surface area contributed by atoms with Gasteiger partial charge in [-0.2, -0.15) is 0 Å². The molecular weight excluding hydrogens is 257 g/mol. The van der Waals surface area contributed by atoms with Crippen LogP contribution in [0.5, 0.6) is 0 Å². The maximum Gasteiger partial charge on any atom is 0.275 e. The molecule has 1 N–H and O–H groups in total. The molecule has 0 saturated heterocycles. The number of amides is 1. The summed E-state index contributed by atoms with van der Waals surface area (Å²) in [6.45, 7) is 1.73. The Morgan fingerprint density at radius 2 is 2.17 bits per heavy atom. The lowest BCUT2D eigenvalue weighted by Crippen LogP contribution is -2.15. The van der Waals surface area contributed by atoms with Gasteiger partial charge in [-0.3, -0.25) is 4.79 Å². The van der Waals surface area contributed by atoms with Crippen LogP contribution in [0, 0.1) is 12.7 Å². The van der Waals surface area contributed by atoms with Gasteiger partial charge in [-0.05, 0) is 31.2 Å². The summed E-state index contributed by atoms with van der Waals surface area (Å²) in [7, 11) is 0. The lowest BCUT2D eigenvalue weighted by molar-refractivity contribution is 0.102. The van der Waals surface area contributed by atoms with E-state index in [-0.39, 0.29) is 11.5 Å². The molecule has 2 heterocycles. The fourth-order valence-electron chi connectivity index (χ4n) is 1.37. The van der Waals surface area contributed by atoms with Crippen LogP contribution in [-0.4, -0.2) is 15.9 Å². The van der Waals surface area contributed by atoms with Crippen LogP contribution in [0.3, 0.4) is 0 Å². The van der Waals surface area contributed by atoms with Crippen LogP contribution in [0.2, 0.25) is 5.02 Å². The highest BCUT2D eigenvalue weighted by molar-refractivity contribution is 6.31. The smallest absolute Gasteiger partial charge is 0.275 e. The highest BCUT2D eigenvalue weighted by atomic mass is 35.5. The van der Waals surface area contributed by atoms with Gasteiger partial charge in [-0.25, -0.2) is 14.4 Å². The van der Waals surface area contributed by atoms with Gasteiger partial charge in [0.1, 0.15) is 17.3 Å². The van der Waals surface area contributed by atoms with Crippen molar-refractivity contribution in [2.75, 3.05) is 5.32 Å². The standard InChI is InChI=1S/C12H9ClFN3O/c1-7-4-8(13)5-10(16-7)12(18)17-11-3-2-9(14)6-15-11/h2-6H,1H3,(H,15,17,18). The van der Waals surface area contributed by atoms with Crippen molar-refractivity contribution in [3.63, 3.8) is 0 Å². The molecule has 0 radical (unpaired) electrons. The highest BCUT2D eigenvalue weighted by Gasteiger charge is 2.10. The molecule has 0 aromatic carbocycles. The molecule has 2 aromatic heterocycles. The average molecular weight is 266 g/mol. The van der Waals surface area contributed by atoms with Crippen molar-refractivity contribution < 1.29 is 9.18 Å². The Labute approximate surface area is 108 Å². The second-order valence-corrected chi connectivity index (χ2v) is 4.06. The molecule has 2 aromatic rings. The Kier molecular flexibility index (Phi) is 3.53. The molecule has 0 unspecified atom stereocenters. The fraction of sp³-hybridized carbons (Fsp3) is 0.0833. The SMILES string of the molecule is Cc1cc(Cl)cc(C(=O)Nc2ccc(F)cn2)n1. The number of halogens is 2. The highest BCUT2D eigenvalue weighted by Crippen LogP contribution is 2.13. The lowest BCUT2D eigenvalue weighted by atomic mass is 10.3. The Hall–Kier alpha value is -2.01. The zero-order valence-electron chi connectivity index (χ0n) is 9.45. The summed E-state index contributed by atoms with van der Waals surface area (Å²) < 4.78 is 12.6. The van der Waals surface area contributed by atoms with Crippen LogP contribution < -0.4 is 5.32 Å². The minimum Gasteiger partial charge on any atom is -0.305 e. The van der Waals surface area contributed by atoms with Gasteiger partial charge < -0.3 is 5.32 Å². The summed E-state index contributed by atoms with van der Waals surface area (Å²) in [6.07, 6.45) is 1.02. The molecule has 0 aliphatic rings. The van der Waals surface area contributed by atoms with Crippen molar-refractivity contribution >= 4 is 23.3 Å². The van der Waals surface area contributed by atoms with Crippen LogP contribution in [0.25, 0.3) is 0 Å². The summed E-state index contributed by atoms with van der Waals surface area (Å²) in [5.41, 5.74) is 0.825. The lowest BCUT2D eigenvalue weighted by Gasteiger charge is -2.04. The van der Waals surface area contributed by atoms with Gasteiger partial charge in [0.15, 0.2) is 0 Å². The number of pyridine rings is 2. The van der Waals surface area contributed by atoms with Gasteiger partial charge >= 0.3 is 0 Å². The quantitative estimate of drug-likeness (QED) is 0.908. The number of hydrogen-bond donors (Lipinski definition) is 1. The van der Waals surface area contributed by atoms with Gasteiger partial charge in [0.2, 0.25) is 0 Å². The normalized spacial score (nSPS) is 10.2. The molecular formula is C12H9ClFN3O. The number of hydrogen-bond acceptors (Lipinski definition) is 3. The predicted molar refractivity (Wildman–Crippen MR) is 66.1 cm³/mol. The number of rotatable bonds is 2. The first-order chi connectivity index (χ1) is 8.54. The van der Waals surface area contributed by atoms with Crippen molar-refractivity contribution in [2.45, 2.75) is 6.92 Å². The average Bonchev–Trinajstić information content (AvgIpc) is 2.31. The third-order valence-electron chi connectivity index (χ3n) is 2.12. The zero-order valence-corrected chi connectivity index (χ0v) is 10.2. The molecule has 0 aliphatic heterocycles. The Morgan fingerprint density at radius 3 is 2.78 bits per heavy atom. The largest absolute Gasteiger partial charge is 0.305 e. The molecule has 0 atom stereocenters. The van der Waals surface area contributed by atoms with Crippen molar-refractivity contribution in [3.8, 4) is 0 Å². The summed E-state index contributed by atoms with van der Waals surface area (Å²) in [5.74, 6) is -0.662. The number of aromatic nitrogens is 2. The summed E-state index contributed by atoms with van der Waals surface area (Å²) in [5, 5.41) is 2.93. The molecule has 2 rings (SSSR count). The third-order valence-corrected chi connectivity index (χ3v) is 2.34. The third kappa shape index (κ3) is 3.01. The molecule has 0 fully saturated rings. The van der Waals surface area contributed by atoms with Crippen LogP contribution in [0.1, 0.15) is 16.2 Å². The Bertz CT molecular complexity index is 566. The Morgan fingerprint density at radius 1 is 1.39 bits per heavy atom. The van der Waals surface area contributed by atoms with E-state index in [2.05, 4.69) is 15.3 Å². The van der Waals surface area contributed by atoms with Gasteiger partial charge in [0.25, 0.3) is 5.91 Å². The van der Waals surface area contributed by atoms with E-state index < -0.39 is 11.7 Å². The topological polar surface area (TPSA) is 54.9 Å². The predicted octanol–water partition coefficient (Wildman–Crippen LogP) is 2.83. The van der Waals surface area contributed by atoms with Gasteiger partial charge in [0, 0.05) is 10.7 Å². The first-order valence-electron chi connectivity index (χ1n) is 5.12. The molecule has 0 aliphatic carbocycles. The van der Waals surface area contributed by atoms with Crippen LogP contribution in [-0.2, 0) is 0 Å². The van der Waals surface area contributed by atoms with E-state index in [4.69, 9.17) is 11.6 Å². The summed E-state index contributed by atoms with van der Waals surface area (Å²) in [4.78, 5) is 19.6. The van der Waals surface area contributed by atoms with E-state index in [1.807, 2.05) is 0 Å². The van der Waals surface area contributed by atoms with Crippen molar-refractivity contribution in [3.05, 3.63) is 52.7 Å². The van der Waals surface area contributed by atoms with Gasteiger partial charge in [0.05, 0.1) is 6.20 Å². The first-order valence-corrected chi connectivity index (χ1v) is 5.49. The monoisotopic (exact) mass is 265 g/mol. The molecule has 0 spiro atoms. The summed E-state index contributed by atoms with van der Waals surface area (Å²) in [6, 6.07) is 5.67. The minimum atomic E-state index is -0.468. The number of aryl methyl sites for hydroxylation is 1. The van der Waals surface area contributed by atoms with Gasteiger partial charge in [-0.15, -0.1) is 0 Å². The van der Waals surface area contributed by atoms with Crippen LogP contribution in [0.4, 0.5) is 10.2 Å². The van der Waals surface area contributed by atoms with E-state index >= 15 is 0 Å². The molecule has 6 heteroatoms. The second kappa shape index (κ2) is 5.10. The second-order valence-electron chi connectivity index (χ2n) is 3.63.